The van der Waals surface area contributed by atoms with Gasteiger partial charge in [0.1, 0.15) is 0 Å². The first-order chi connectivity index (χ1) is 9.29. The minimum absolute atomic E-state index is 0.259. The number of nitrogens with zero attached hydrogens (tertiary/aromatic N) is 1. The van der Waals surface area contributed by atoms with Gasteiger partial charge in [0.05, 0.1) is 22.0 Å². The van der Waals surface area contributed by atoms with Crippen molar-refractivity contribution in [2.75, 3.05) is 0 Å². The number of fused-ring (bicyclic) bond motifs is 1. The molecule has 0 bridgehead atoms. The van der Waals surface area contributed by atoms with Gasteiger partial charge < -0.3 is 0 Å². The van der Waals surface area contributed by atoms with Gasteiger partial charge in [-0.1, -0.05) is 37.3 Å². The minimum Gasteiger partial charge on any atom is -0.293 e. The summed E-state index contributed by atoms with van der Waals surface area (Å²) in [5, 5.41) is 0. The first kappa shape index (κ1) is 12.3. The van der Waals surface area contributed by atoms with Crippen LogP contribution in [0.5, 0.6) is 0 Å². The molecule has 1 aromatic carbocycles. The molecule has 0 amide bonds. The molecule has 0 spiro atoms. The summed E-state index contributed by atoms with van der Waals surface area (Å²) in [5.74, 6) is 0.259. The van der Waals surface area contributed by atoms with Crippen LogP contribution in [0.3, 0.4) is 0 Å². The van der Waals surface area contributed by atoms with E-state index in [1.165, 1.54) is 10.4 Å². The number of aliphatic imine (C=N–C) groups is 1. The standard InChI is InChI=1S/C16H15NOS/c1-2-6-13(18)14-9-12-10-17-15(16(12)19-14)11-7-4-3-5-8-11/h3-5,7-9H,2,6,10H2,1H3. The first-order valence-electron chi connectivity index (χ1n) is 6.55. The zero-order chi connectivity index (χ0) is 13.2. The van der Waals surface area contributed by atoms with Gasteiger partial charge in [-0.15, -0.1) is 11.3 Å². The molecule has 0 fully saturated rings. The maximum absolute atomic E-state index is 12.0. The third kappa shape index (κ3) is 2.26. The Morgan fingerprint density at radius 3 is 2.84 bits per heavy atom. The molecule has 0 unspecified atom stereocenters. The molecule has 1 aliphatic heterocycles. The van der Waals surface area contributed by atoms with Crippen LogP contribution in [0, 0.1) is 0 Å². The Balaban J connectivity index is 1.94. The van der Waals surface area contributed by atoms with E-state index in [1.807, 2.05) is 31.2 Å². The number of rotatable bonds is 4. The van der Waals surface area contributed by atoms with Gasteiger partial charge in [0, 0.05) is 12.0 Å². The lowest BCUT2D eigenvalue weighted by Gasteiger charge is -2.00. The Morgan fingerprint density at radius 2 is 2.11 bits per heavy atom. The van der Waals surface area contributed by atoms with Crippen molar-refractivity contribution in [2.45, 2.75) is 26.3 Å². The van der Waals surface area contributed by atoms with Crippen molar-refractivity contribution < 1.29 is 4.79 Å². The van der Waals surface area contributed by atoms with E-state index in [2.05, 4.69) is 17.1 Å². The largest absolute Gasteiger partial charge is 0.293 e. The summed E-state index contributed by atoms with van der Waals surface area (Å²) < 4.78 is 0. The molecule has 0 N–H and O–H groups in total. The van der Waals surface area contributed by atoms with Crippen LogP contribution in [0.2, 0.25) is 0 Å². The second-order valence-corrected chi connectivity index (χ2v) is 5.72. The minimum atomic E-state index is 0.259. The van der Waals surface area contributed by atoms with Crippen molar-refractivity contribution in [1.82, 2.24) is 0 Å². The zero-order valence-corrected chi connectivity index (χ0v) is 11.7. The lowest BCUT2D eigenvalue weighted by molar-refractivity contribution is 0.0985. The van der Waals surface area contributed by atoms with Crippen LogP contribution in [-0.4, -0.2) is 11.5 Å². The van der Waals surface area contributed by atoms with Crippen LogP contribution >= 0.6 is 11.3 Å². The number of Topliss-reactive ketones (excluding diaryl/α,β-unsaturated/α-hetero) is 1. The summed E-state index contributed by atoms with van der Waals surface area (Å²) in [7, 11) is 0. The molecule has 1 aliphatic rings. The molecule has 0 radical (unpaired) electrons. The third-order valence-electron chi connectivity index (χ3n) is 3.23. The van der Waals surface area contributed by atoms with E-state index in [0.717, 1.165) is 22.6 Å². The van der Waals surface area contributed by atoms with Crippen molar-refractivity contribution in [3.8, 4) is 0 Å². The summed E-state index contributed by atoms with van der Waals surface area (Å²) in [5.41, 5.74) is 3.37. The predicted molar refractivity (Wildman–Crippen MR) is 79.3 cm³/mol. The van der Waals surface area contributed by atoms with Crippen molar-refractivity contribution in [2.24, 2.45) is 4.99 Å². The van der Waals surface area contributed by atoms with E-state index in [1.54, 1.807) is 11.3 Å². The quantitative estimate of drug-likeness (QED) is 0.769. The molecule has 2 aromatic rings. The lowest BCUT2D eigenvalue weighted by Crippen LogP contribution is -1.97. The third-order valence-corrected chi connectivity index (χ3v) is 4.46. The molecule has 96 valence electrons. The van der Waals surface area contributed by atoms with Gasteiger partial charge in [-0.05, 0) is 18.1 Å². The number of thiophene rings is 1. The molecule has 2 nitrogen and oxygen atoms in total. The van der Waals surface area contributed by atoms with Crippen LogP contribution in [0.1, 0.15) is 45.4 Å². The molecule has 0 saturated heterocycles. The van der Waals surface area contributed by atoms with Crippen LogP contribution in [0.25, 0.3) is 0 Å². The molecule has 2 heterocycles. The highest BCUT2D eigenvalue weighted by Gasteiger charge is 2.22. The monoisotopic (exact) mass is 269 g/mol. The fourth-order valence-electron chi connectivity index (χ4n) is 2.29. The second-order valence-electron chi connectivity index (χ2n) is 4.67. The molecule has 19 heavy (non-hydrogen) atoms. The van der Waals surface area contributed by atoms with Gasteiger partial charge >= 0.3 is 0 Å². The highest BCUT2D eigenvalue weighted by Crippen LogP contribution is 2.31. The van der Waals surface area contributed by atoms with E-state index >= 15 is 0 Å². The number of carbonyl (C=O) groups is 1. The number of hydrogen-bond donors (Lipinski definition) is 0. The summed E-state index contributed by atoms with van der Waals surface area (Å²) in [6.07, 6.45) is 1.54. The van der Waals surface area contributed by atoms with Crippen molar-refractivity contribution >= 4 is 22.8 Å². The average Bonchev–Trinajstić information content (AvgIpc) is 2.99. The number of benzene rings is 1. The number of ketones is 1. The van der Waals surface area contributed by atoms with Gasteiger partial charge in [0.2, 0.25) is 0 Å². The maximum atomic E-state index is 12.0. The molecule has 0 saturated carbocycles. The van der Waals surface area contributed by atoms with Gasteiger partial charge in [-0.2, -0.15) is 0 Å². The fourth-order valence-corrected chi connectivity index (χ4v) is 3.46. The molecule has 3 heteroatoms. The van der Waals surface area contributed by atoms with E-state index in [-0.39, 0.29) is 5.78 Å². The Morgan fingerprint density at radius 1 is 1.32 bits per heavy atom. The van der Waals surface area contributed by atoms with Crippen LogP contribution < -0.4 is 0 Å². The molecular weight excluding hydrogens is 254 g/mol. The lowest BCUT2D eigenvalue weighted by atomic mass is 10.1. The van der Waals surface area contributed by atoms with Gasteiger partial charge in [-0.3, -0.25) is 9.79 Å². The normalized spacial score (nSPS) is 13.2. The molecule has 0 atom stereocenters. The topological polar surface area (TPSA) is 29.4 Å². The predicted octanol–water partition coefficient (Wildman–Crippen LogP) is 4.08. The number of carbonyl (C=O) groups excluding carboxylic acids is 1. The Hall–Kier alpha value is -1.74. The average molecular weight is 269 g/mol. The number of hydrogen-bond acceptors (Lipinski definition) is 3. The summed E-state index contributed by atoms with van der Waals surface area (Å²) in [6, 6.07) is 12.2. The van der Waals surface area contributed by atoms with Crippen molar-refractivity contribution in [1.29, 1.82) is 0 Å². The molecule has 1 aromatic heterocycles. The van der Waals surface area contributed by atoms with Crippen molar-refractivity contribution in [3.05, 3.63) is 57.3 Å². The van der Waals surface area contributed by atoms with Crippen LogP contribution in [0.15, 0.2) is 41.4 Å². The van der Waals surface area contributed by atoms with E-state index in [0.29, 0.717) is 13.0 Å². The Labute approximate surface area is 116 Å². The Bertz CT molecular complexity index is 640. The van der Waals surface area contributed by atoms with E-state index in [4.69, 9.17) is 0 Å². The van der Waals surface area contributed by atoms with Crippen molar-refractivity contribution in [3.63, 3.8) is 0 Å². The molecular formula is C16H15NOS. The SMILES string of the molecule is CCCC(=O)c1cc2c(s1)C(c1ccccc1)=NC2. The van der Waals surface area contributed by atoms with Gasteiger partial charge in [0.25, 0.3) is 0 Å². The zero-order valence-electron chi connectivity index (χ0n) is 10.8. The smallest absolute Gasteiger partial charge is 0.172 e. The summed E-state index contributed by atoms with van der Waals surface area (Å²) in [6.45, 7) is 2.74. The van der Waals surface area contributed by atoms with Gasteiger partial charge in [-0.25, -0.2) is 0 Å². The summed E-state index contributed by atoms with van der Waals surface area (Å²) in [4.78, 5) is 18.6. The first-order valence-corrected chi connectivity index (χ1v) is 7.37. The van der Waals surface area contributed by atoms with E-state index < -0.39 is 0 Å². The van der Waals surface area contributed by atoms with Crippen LogP contribution in [0.4, 0.5) is 0 Å². The Kier molecular flexibility index (Phi) is 3.30. The summed E-state index contributed by atoms with van der Waals surface area (Å²) >= 11 is 1.59. The maximum Gasteiger partial charge on any atom is 0.172 e. The highest BCUT2D eigenvalue weighted by molar-refractivity contribution is 7.16. The molecule has 0 aliphatic carbocycles. The highest BCUT2D eigenvalue weighted by atomic mass is 32.1. The van der Waals surface area contributed by atoms with Crippen LogP contribution in [-0.2, 0) is 6.54 Å². The molecule has 3 rings (SSSR count). The van der Waals surface area contributed by atoms with E-state index in [9.17, 15) is 4.79 Å². The second kappa shape index (κ2) is 5.10. The van der Waals surface area contributed by atoms with Gasteiger partial charge in [0.15, 0.2) is 5.78 Å². The fraction of sp³-hybridized carbons (Fsp3) is 0.250.